The number of carbonyl (C=O) groups excluding carboxylic acids is 1. The molecule has 3 fully saturated rings. The summed E-state index contributed by atoms with van der Waals surface area (Å²) in [4.78, 5) is 19.3. The van der Waals surface area contributed by atoms with Crippen molar-refractivity contribution in [3.05, 3.63) is 54.4 Å². The van der Waals surface area contributed by atoms with Gasteiger partial charge in [-0.25, -0.2) is 8.91 Å². The van der Waals surface area contributed by atoms with Crippen LogP contribution in [-0.4, -0.2) is 77.3 Å². The Bertz CT molecular complexity index is 1210. The summed E-state index contributed by atoms with van der Waals surface area (Å²) in [5.74, 6) is 0.720. The number of hydrogen-bond donors (Lipinski definition) is 0. The number of aromatic nitrogens is 2. The number of piperazine rings is 1. The maximum absolute atomic E-state index is 13.2. The van der Waals surface area contributed by atoms with E-state index in [0.717, 1.165) is 30.8 Å². The Kier molecular flexibility index (Phi) is 6.42. The van der Waals surface area contributed by atoms with Crippen molar-refractivity contribution in [2.75, 3.05) is 50.7 Å². The molecule has 7 heteroatoms. The lowest BCUT2D eigenvalue weighted by atomic mass is 9.88. The predicted octanol–water partition coefficient (Wildman–Crippen LogP) is 4.60. The van der Waals surface area contributed by atoms with Crippen LogP contribution in [0.2, 0.25) is 0 Å². The summed E-state index contributed by atoms with van der Waals surface area (Å²) < 4.78 is 15.2. The number of piperidine rings is 1. The van der Waals surface area contributed by atoms with Gasteiger partial charge in [-0.2, -0.15) is 5.10 Å². The number of nitrogens with zero attached hydrogens (tertiary/aromatic N) is 5. The fourth-order valence-corrected chi connectivity index (χ4v) is 5.93. The minimum Gasteiger partial charge on any atom is -0.366 e. The molecule has 190 valence electrons. The SMILES string of the molecule is CCN1CCC(c2ccc(-c3cc4c(N5CCN(C(=O)C[C@H]6C[C@H]6F)CC5)ccnn4c3)cc2)CC1. The lowest BCUT2D eigenvalue weighted by Gasteiger charge is -2.36. The van der Waals surface area contributed by atoms with Crippen LogP contribution in [-0.2, 0) is 4.79 Å². The van der Waals surface area contributed by atoms with Crippen LogP contribution in [0, 0.1) is 5.92 Å². The first-order chi connectivity index (χ1) is 17.6. The summed E-state index contributed by atoms with van der Waals surface area (Å²) in [5.41, 5.74) is 6.06. The topological polar surface area (TPSA) is 44.1 Å². The fourth-order valence-electron chi connectivity index (χ4n) is 5.93. The Balaban J connectivity index is 1.14. The van der Waals surface area contributed by atoms with E-state index in [9.17, 15) is 9.18 Å². The molecule has 4 heterocycles. The van der Waals surface area contributed by atoms with Crippen LogP contribution in [0.1, 0.15) is 44.1 Å². The smallest absolute Gasteiger partial charge is 0.223 e. The van der Waals surface area contributed by atoms with Crippen molar-refractivity contribution in [3.63, 3.8) is 0 Å². The predicted molar refractivity (Wildman–Crippen MR) is 141 cm³/mol. The highest BCUT2D eigenvalue weighted by Gasteiger charge is 2.40. The lowest BCUT2D eigenvalue weighted by molar-refractivity contribution is -0.132. The molecule has 2 aliphatic heterocycles. The first-order valence-corrected chi connectivity index (χ1v) is 13.6. The zero-order valence-electron chi connectivity index (χ0n) is 21.2. The summed E-state index contributed by atoms with van der Waals surface area (Å²) in [7, 11) is 0. The number of likely N-dealkylation sites (tertiary alicyclic amines) is 1. The Hall–Kier alpha value is -2.93. The Morgan fingerprint density at radius 1 is 1.00 bits per heavy atom. The van der Waals surface area contributed by atoms with Crippen molar-refractivity contribution < 1.29 is 9.18 Å². The van der Waals surface area contributed by atoms with E-state index >= 15 is 0 Å². The molecule has 1 aromatic carbocycles. The van der Waals surface area contributed by atoms with Crippen molar-refractivity contribution in [2.24, 2.45) is 5.92 Å². The first kappa shape index (κ1) is 23.5. The molecule has 6 nitrogen and oxygen atoms in total. The van der Waals surface area contributed by atoms with E-state index in [1.165, 1.54) is 42.6 Å². The molecule has 0 bridgehead atoms. The highest BCUT2D eigenvalue weighted by Crippen LogP contribution is 2.37. The standard InChI is InChI=1S/C29H36FN5O/c1-2-32-11-8-23(9-12-32)21-3-5-22(6-4-21)25-18-28-27(7-10-31-35(28)20-25)33-13-15-34(16-14-33)29(36)19-24-17-26(24)30/h3-7,10,18,20,23-24,26H,2,8-9,11-17,19H2,1H3/t24-,26-/m1/s1. The second-order valence-corrected chi connectivity index (χ2v) is 10.7. The zero-order valence-corrected chi connectivity index (χ0v) is 21.2. The number of fused-ring (bicyclic) bond motifs is 1. The second kappa shape index (κ2) is 9.85. The van der Waals surface area contributed by atoms with Gasteiger partial charge < -0.3 is 14.7 Å². The number of benzene rings is 1. The molecule has 3 aromatic rings. The molecule has 0 unspecified atom stereocenters. The third kappa shape index (κ3) is 4.73. The molecule has 1 amide bonds. The fraction of sp³-hybridized carbons (Fsp3) is 0.517. The monoisotopic (exact) mass is 489 g/mol. The number of carbonyl (C=O) groups is 1. The van der Waals surface area contributed by atoms with E-state index in [1.807, 2.05) is 15.6 Å². The molecule has 6 rings (SSSR count). The summed E-state index contributed by atoms with van der Waals surface area (Å²) in [5, 5.41) is 4.56. The van der Waals surface area contributed by atoms with Crippen LogP contribution in [0.25, 0.3) is 16.6 Å². The minimum absolute atomic E-state index is 0.0438. The Morgan fingerprint density at radius 2 is 1.72 bits per heavy atom. The summed E-state index contributed by atoms with van der Waals surface area (Å²) in [6.45, 7) is 8.72. The van der Waals surface area contributed by atoms with E-state index in [1.54, 1.807) is 0 Å². The van der Waals surface area contributed by atoms with Crippen molar-refractivity contribution in [2.45, 2.75) is 44.7 Å². The van der Waals surface area contributed by atoms with Crippen molar-refractivity contribution in [1.29, 1.82) is 0 Å². The summed E-state index contributed by atoms with van der Waals surface area (Å²) in [6, 6.07) is 13.4. The number of hydrogen-bond acceptors (Lipinski definition) is 4. The number of alkyl halides is 1. The Morgan fingerprint density at radius 3 is 2.39 bits per heavy atom. The molecule has 2 atom stereocenters. The largest absolute Gasteiger partial charge is 0.366 e. The van der Waals surface area contributed by atoms with E-state index in [0.29, 0.717) is 31.8 Å². The van der Waals surface area contributed by atoms with Gasteiger partial charge in [0.1, 0.15) is 6.17 Å². The molecule has 2 saturated heterocycles. The van der Waals surface area contributed by atoms with E-state index in [2.05, 4.69) is 64.4 Å². The molecular weight excluding hydrogens is 453 g/mol. The first-order valence-electron chi connectivity index (χ1n) is 13.6. The Labute approximate surface area is 212 Å². The highest BCUT2D eigenvalue weighted by molar-refractivity contribution is 5.81. The van der Waals surface area contributed by atoms with E-state index in [4.69, 9.17) is 0 Å². The number of halogens is 1. The van der Waals surface area contributed by atoms with Crippen LogP contribution in [0.15, 0.2) is 48.8 Å². The van der Waals surface area contributed by atoms with Gasteiger partial charge in [-0.05, 0) is 68.1 Å². The average molecular weight is 490 g/mol. The molecule has 36 heavy (non-hydrogen) atoms. The van der Waals surface area contributed by atoms with Crippen LogP contribution >= 0.6 is 0 Å². The third-order valence-electron chi connectivity index (χ3n) is 8.48. The van der Waals surface area contributed by atoms with Crippen LogP contribution in [0.3, 0.4) is 0 Å². The molecule has 0 N–H and O–H groups in total. The van der Waals surface area contributed by atoms with Gasteiger partial charge in [0.05, 0.1) is 11.2 Å². The van der Waals surface area contributed by atoms with Crippen LogP contribution in [0.5, 0.6) is 0 Å². The van der Waals surface area contributed by atoms with Gasteiger partial charge in [0, 0.05) is 56.5 Å². The van der Waals surface area contributed by atoms with Gasteiger partial charge in [0.25, 0.3) is 0 Å². The van der Waals surface area contributed by atoms with Crippen molar-refractivity contribution in [3.8, 4) is 11.1 Å². The summed E-state index contributed by atoms with van der Waals surface area (Å²) >= 11 is 0. The zero-order chi connectivity index (χ0) is 24.6. The number of amides is 1. The van der Waals surface area contributed by atoms with Gasteiger partial charge >= 0.3 is 0 Å². The van der Waals surface area contributed by atoms with Crippen molar-refractivity contribution >= 4 is 17.1 Å². The van der Waals surface area contributed by atoms with E-state index in [-0.39, 0.29) is 11.8 Å². The van der Waals surface area contributed by atoms with Gasteiger partial charge in [0.15, 0.2) is 0 Å². The average Bonchev–Trinajstić information content (AvgIpc) is 3.44. The quantitative estimate of drug-likeness (QED) is 0.508. The minimum atomic E-state index is -0.765. The summed E-state index contributed by atoms with van der Waals surface area (Å²) in [6.07, 6.45) is 6.59. The molecule has 0 spiro atoms. The molecule has 0 radical (unpaired) electrons. The maximum atomic E-state index is 13.2. The lowest BCUT2D eigenvalue weighted by Crippen LogP contribution is -2.49. The number of rotatable bonds is 6. The third-order valence-corrected chi connectivity index (χ3v) is 8.48. The molecule has 3 aliphatic rings. The van der Waals surface area contributed by atoms with Gasteiger partial charge in [-0.3, -0.25) is 4.79 Å². The molecule has 2 aromatic heterocycles. The van der Waals surface area contributed by atoms with Crippen LogP contribution in [0.4, 0.5) is 10.1 Å². The van der Waals surface area contributed by atoms with Gasteiger partial charge in [-0.15, -0.1) is 0 Å². The highest BCUT2D eigenvalue weighted by atomic mass is 19.1. The second-order valence-electron chi connectivity index (χ2n) is 10.7. The number of anilines is 1. The van der Waals surface area contributed by atoms with E-state index < -0.39 is 6.17 Å². The van der Waals surface area contributed by atoms with Crippen LogP contribution < -0.4 is 4.90 Å². The van der Waals surface area contributed by atoms with Crippen molar-refractivity contribution in [1.82, 2.24) is 19.4 Å². The molecule has 1 aliphatic carbocycles. The maximum Gasteiger partial charge on any atom is 0.223 e. The van der Waals surface area contributed by atoms with Gasteiger partial charge in [0.2, 0.25) is 5.91 Å². The normalized spacial score (nSPS) is 23.4. The molecule has 1 saturated carbocycles. The molecular formula is C29H36FN5O. The van der Waals surface area contributed by atoms with Gasteiger partial charge in [-0.1, -0.05) is 31.2 Å².